The van der Waals surface area contributed by atoms with Gasteiger partial charge in [-0.2, -0.15) is 0 Å². The van der Waals surface area contributed by atoms with E-state index < -0.39 is 18.0 Å². The number of anilines is 1. The highest BCUT2D eigenvalue weighted by atomic mass is 32.1. The smallest absolute Gasteiger partial charge is 0.348 e. The zero-order chi connectivity index (χ0) is 18.0. The molecule has 2 aromatic heterocycles. The molecule has 24 heavy (non-hydrogen) atoms. The Kier molecular flexibility index (Phi) is 5.38. The van der Waals surface area contributed by atoms with E-state index in [0.29, 0.717) is 38.7 Å². The molecule has 1 unspecified atom stereocenters. The summed E-state index contributed by atoms with van der Waals surface area (Å²) in [6.45, 7) is 7.44. The number of methoxy groups -OCH3 is 1. The molecule has 1 atom stereocenters. The third-order valence-corrected chi connectivity index (χ3v) is 4.75. The van der Waals surface area contributed by atoms with Gasteiger partial charge in [-0.15, -0.1) is 11.3 Å². The summed E-state index contributed by atoms with van der Waals surface area (Å²) in [5.74, 6) is -0.206. The molecular weight excluding hydrogens is 330 g/mol. The Bertz CT molecular complexity index is 785. The van der Waals surface area contributed by atoms with Crippen molar-refractivity contribution >= 4 is 39.3 Å². The molecule has 7 nitrogen and oxygen atoms in total. The lowest BCUT2D eigenvalue weighted by Gasteiger charge is -2.18. The van der Waals surface area contributed by atoms with Gasteiger partial charge in [-0.3, -0.25) is 0 Å². The molecule has 0 bridgehead atoms. The molecule has 0 saturated heterocycles. The maximum absolute atomic E-state index is 11.9. The average molecular weight is 351 g/mol. The van der Waals surface area contributed by atoms with Gasteiger partial charge in [0.1, 0.15) is 27.4 Å². The molecule has 0 fully saturated rings. The first kappa shape index (κ1) is 18.1. The van der Waals surface area contributed by atoms with Crippen LogP contribution < -0.4 is 5.32 Å². The second-order valence-corrected chi connectivity index (χ2v) is 7.01. The summed E-state index contributed by atoms with van der Waals surface area (Å²) in [5, 5.41) is 13.1. The van der Waals surface area contributed by atoms with Gasteiger partial charge in [0, 0.05) is 0 Å². The normalized spacial score (nSPS) is 12.4. The van der Waals surface area contributed by atoms with Gasteiger partial charge in [0.05, 0.1) is 12.5 Å². The van der Waals surface area contributed by atoms with E-state index in [1.165, 1.54) is 18.4 Å². The van der Waals surface area contributed by atoms with Crippen molar-refractivity contribution in [2.75, 3.05) is 12.4 Å². The van der Waals surface area contributed by atoms with Gasteiger partial charge in [-0.1, -0.05) is 13.8 Å². The highest BCUT2D eigenvalue weighted by Gasteiger charge is 2.24. The van der Waals surface area contributed by atoms with E-state index in [-0.39, 0.29) is 5.92 Å². The zero-order valence-electron chi connectivity index (χ0n) is 14.3. The number of hydrogen-bond acceptors (Lipinski definition) is 7. The highest BCUT2D eigenvalue weighted by Crippen LogP contribution is 2.34. The lowest BCUT2D eigenvalue weighted by Crippen LogP contribution is -2.31. The van der Waals surface area contributed by atoms with Crippen molar-refractivity contribution in [2.24, 2.45) is 5.92 Å². The van der Waals surface area contributed by atoms with Crippen molar-refractivity contribution in [3.8, 4) is 0 Å². The maximum atomic E-state index is 11.9. The van der Waals surface area contributed by atoms with Crippen molar-refractivity contribution in [1.82, 2.24) is 9.97 Å². The molecule has 2 aromatic rings. The van der Waals surface area contributed by atoms with Crippen LogP contribution >= 0.6 is 11.3 Å². The number of hydrogen-bond donors (Lipinski definition) is 2. The minimum absolute atomic E-state index is 0.214. The van der Waals surface area contributed by atoms with E-state index in [0.717, 1.165) is 0 Å². The second-order valence-electron chi connectivity index (χ2n) is 6.01. The van der Waals surface area contributed by atoms with E-state index in [1.54, 1.807) is 13.8 Å². The number of rotatable bonds is 6. The quantitative estimate of drug-likeness (QED) is 0.771. The lowest BCUT2D eigenvalue weighted by atomic mass is 10.0. The standard InChI is InChI=1S/C16H21N3O4S/c1-7(2)6-10(15(20)21)19-13-11-8(3)12(16(22)23-5)24-14(11)18-9(4)17-13/h7,10H,6H2,1-5H3,(H,20,21)(H,17,18,19). The Hall–Kier alpha value is -2.22. The topological polar surface area (TPSA) is 101 Å². The molecule has 0 aliphatic heterocycles. The molecule has 0 radical (unpaired) electrons. The zero-order valence-corrected chi connectivity index (χ0v) is 15.2. The van der Waals surface area contributed by atoms with Crippen LogP contribution in [0.15, 0.2) is 0 Å². The monoisotopic (exact) mass is 351 g/mol. The minimum Gasteiger partial charge on any atom is -0.480 e. The van der Waals surface area contributed by atoms with Crippen LogP contribution in [0.1, 0.15) is 41.3 Å². The summed E-state index contributed by atoms with van der Waals surface area (Å²) < 4.78 is 4.80. The fraction of sp³-hybridized carbons (Fsp3) is 0.500. The van der Waals surface area contributed by atoms with Gasteiger partial charge in [0.2, 0.25) is 0 Å². The Morgan fingerprint density at radius 1 is 1.29 bits per heavy atom. The Morgan fingerprint density at radius 2 is 1.96 bits per heavy atom. The third-order valence-electron chi connectivity index (χ3n) is 3.59. The number of carboxylic acids is 1. The molecule has 2 N–H and O–H groups in total. The van der Waals surface area contributed by atoms with Crippen molar-refractivity contribution in [3.63, 3.8) is 0 Å². The molecule has 130 valence electrons. The number of aryl methyl sites for hydroxylation is 2. The summed E-state index contributed by atoms with van der Waals surface area (Å²) in [6, 6.07) is -0.761. The van der Waals surface area contributed by atoms with Crippen LogP contribution in [-0.4, -0.2) is 40.2 Å². The van der Waals surface area contributed by atoms with Gasteiger partial charge in [-0.25, -0.2) is 19.6 Å². The number of aromatic nitrogens is 2. The Morgan fingerprint density at radius 3 is 2.50 bits per heavy atom. The number of carbonyl (C=O) groups is 2. The largest absolute Gasteiger partial charge is 0.480 e. The van der Waals surface area contributed by atoms with Crippen LogP contribution in [0.4, 0.5) is 5.82 Å². The molecule has 0 amide bonds. The fourth-order valence-electron chi connectivity index (χ4n) is 2.50. The Labute approximate surface area is 144 Å². The second kappa shape index (κ2) is 7.12. The number of carbonyl (C=O) groups excluding carboxylic acids is 1. The predicted octanol–water partition coefficient (Wildman–Crippen LogP) is 3.01. The van der Waals surface area contributed by atoms with Gasteiger partial charge in [0.25, 0.3) is 0 Å². The summed E-state index contributed by atoms with van der Waals surface area (Å²) in [4.78, 5) is 33.2. The highest BCUT2D eigenvalue weighted by molar-refractivity contribution is 7.20. The van der Waals surface area contributed by atoms with Crippen LogP contribution in [0.3, 0.4) is 0 Å². The van der Waals surface area contributed by atoms with Crippen LogP contribution in [-0.2, 0) is 9.53 Å². The summed E-state index contributed by atoms with van der Waals surface area (Å²) in [5.41, 5.74) is 0.693. The molecule has 0 aliphatic rings. The molecule has 2 rings (SSSR count). The number of carboxylic acid groups (broad SMARTS) is 1. The first-order valence-corrected chi connectivity index (χ1v) is 8.41. The minimum atomic E-state index is -0.936. The predicted molar refractivity (Wildman–Crippen MR) is 92.7 cm³/mol. The Balaban J connectivity index is 2.54. The summed E-state index contributed by atoms with van der Waals surface area (Å²) in [7, 11) is 1.32. The van der Waals surface area contributed by atoms with Crippen molar-refractivity contribution in [2.45, 2.75) is 40.2 Å². The van der Waals surface area contributed by atoms with Gasteiger partial charge < -0.3 is 15.2 Å². The first-order chi connectivity index (χ1) is 11.2. The van der Waals surface area contributed by atoms with Crippen molar-refractivity contribution in [1.29, 1.82) is 0 Å². The third kappa shape index (κ3) is 3.64. The van der Waals surface area contributed by atoms with E-state index in [4.69, 9.17) is 4.74 Å². The average Bonchev–Trinajstić information content (AvgIpc) is 2.82. The molecule has 0 aliphatic carbocycles. The number of ether oxygens (including phenoxy) is 1. The van der Waals surface area contributed by atoms with Gasteiger partial charge >= 0.3 is 11.9 Å². The van der Waals surface area contributed by atoms with Crippen LogP contribution in [0.25, 0.3) is 10.2 Å². The van der Waals surface area contributed by atoms with Crippen molar-refractivity contribution in [3.05, 3.63) is 16.3 Å². The maximum Gasteiger partial charge on any atom is 0.348 e. The van der Waals surface area contributed by atoms with Crippen LogP contribution in [0, 0.1) is 19.8 Å². The number of fused-ring (bicyclic) bond motifs is 1. The molecule has 0 spiro atoms. The van der Waals surface area contributed by atoms with E-state index in [1.807, 2.05) is 13.8 Å². The van der Waals surface area contributed by atoms with Gasteiger partial charge in [-0.05, 0) is 31.7 Å². The molecular formula is C16H21N3O4S. The number of thiophene rings is 1. The fourth-order valence-corrected chi connectivity index (χ4v) is 3.64. The molecule has 8 heteroatoms. The van der Waals surface area contributed by atoms with Crippen molar-refractivity contribution < 1.29 is 19.4 Å². The molecule has 2 heterocycles. The first-order valence-electron chi connectivity index (χ1n) is 7.60. The summed E-state index contributed by atoms with van der Waals surface area (Å²) >= 11 is 1.22. The van der Waals surface area contributed by atoms with E-state index in [9.17, 15) is 14.7 Å². The van der Waals surface area contributed by atoms with Crippen LogP contribution in [0.5, 0.6) is 0 Å². The SMILES string of the molecule is COC(=O)c1sc2nc(C)nc(NC(CC(C)C)C(=O)O)c2c1C. The van der Waals surface area contributed by atoms with E-state index >= 15 is 0 Å². The number of nitrogens with one attached hydrogen (secondary N) is 1. The van der Waals surface area contributed by atoms with Crippen LogP contribution in [0.2, 0.25) is 0 Å². The van der Waals surface area contributed by atoms with Gasteiger partial charge in [0.15, 0.2) is 0 Å². The van der Waals surface area contributed by atoms with E-state index in [2.05, 4.69) is 15.3 Å². The number of nitrogens with zero attached hydrogens (tertiary/aromatic N) is 2. The molecule has 0 saturated carbocycles. The number of esters is 1. The lowest BCUT2D eigenvalue weighted by molar-refractivity contribution is -0.138. The summed E-state index contributed by atoms with van der Waals surface area (Å²) in [6.07, 6.45) is 0.465. The number of aliphatic carboxylic acids is 1. The molecule has 0 aromatic carbocycles.